The summed E-state index contributed by atoms with van der Waals surface area (Å²) in [5, 5.41) is 7.15. The van der Waals surface area contributed by atoms with Gasteiger partial charge in [0.15, 0.2) is 11.5 Å². The highest BCUT2D eigenvalue weighted by atomic mass is 79.9. The van der Waals surface area contributed by atoms with Crippen molar-refractivity contribution in [3.63, 3.8) is 0 Å². The minimum absolute atomic E-state index is 0.172. The molecule has 24 heavy (non-hydrogen) atoms. The molecule has 0 radical (unpaired) electrons. The van der Waals surface area contributed by atoms with Crippen molar-refractivity contribution in [2.24, 2.45) is 0 Å². The molecular formula is C17H22BrN3O3. The molecule has 0 atom stereocenters. The molecule has 0 spiro atoms. The van der Waals surface area contributed by atoms with E-state index in [0.717, 1.165) is 16.7 Å². The van der Waals surface area contributed by atoms with E-state index in [4.69, 9.17) is 9.47 Å². The summed E-state index contributed by atoms with van der Waals surface area (Å²) in [4.78, 5) is 12.4. The Morgan fingerprint density at radius 1 is 1.21 bits per heavy atom. The molecule has 2 rings (SSSR count). The summed E-state index contributed by atoms with van der Waals surface area (Å²) in [6.07, 6.45) is 1.73. The van der Waals surface area contributed by atoms with Crippen LogP contribution in [-0.2, 0) is 13.1 Å². The lowest BCUT2D eigenvalue weighted by Crippen LogP contribution is -2.24. The van der Waals surface area contributed by atoms with Gasteiger partial charge in [0.25, 0.3) is 5.91 Å². The molecule has 0 unspecified atom stereocenters. The number of hydrogen-bond donors (Lipinski definition) is 1. The number of aromatic nitrogens is 2. The highest BCUT2D eigenvalue weighted by Crippen LogP contribution is 2.28. The van der Waals surface area contributed by atoms with E-state index in [1.807, 2.05) is 25.5 Å². The first-order valence-electron chi connectivity index (χ1n) is 7.98. The monoisotopic (exact) mass is 395 g/mol. The van der Waals surface area contributed by atoms with Gasteiger partial charge in [-0.3, -0.25) is 9.48 Å². The molecule has 130 valence electrons. The van der Waals surface area contributed by atoms with E-state index in [1.54, 1.807) is 24.4 Å². The van der Waals surface area contributed by atoms with Gasteiger partial charge in [-0.1, -0.05) is 0 Å². The summed E-state index contributed by atoms with van der Waals surface area (Å²) < 4.78 is 13.8. The minimum Gasteiger partial charge on any atom is -0.490 e. The topological polar surface area (TPSA) is 65.4 Å². The van der Waals surface area contributed by atoms with Crippen molar-refractivity contribution in [1.29, 1.82) is 0 Å². The van der Waals surface area contributed by atoms with Crippen molar-refractivity contribution in [3.05, 3.63) is 40.1 Å². The Labute approximate surface area is 150 Å². The lowest BCUT2D eigenvalue weighted by atomic mass is 10.2. The van der Waals surface area contributed by atoms with E-state index in [2.05, 4.69) is 26.3 Å². The first-order valence-corrected chi connectivity index (χ1v) is 8.77. The second kappa shape index (κ2) is 8.73. The Balaban J connectivity index is 2.11. The summed E-state index contributed by atoms with van der Waals surface area (Å²) in [5.74, 6) is 1.05. The average Bonchev–Trinajstić information content (AvgIpc) is 2.94. The standard InChI is InChI=1S/C17H22BrN3O3/c1-4-21-14(13(18)10-20-21)11-19-17(22)12-7-8-15(23-5-2)16(9-12)24-6-3/h7-10H,4-6,11H2,1-3H3,(H,19,22). The van der Waals surface area contributed by atoms with Gasteiger partial charge in [0.2, 0.25) is 0 Å². The molecule has 1 amide bonds. The second-order valence-electron chi connectivity index (χ2n) is 4.97. The van der Waals surface area contributed by atoms with Crippen LogP contribution in [0.2, 0.25) is 0 Å². The zero-order valence-corrected chi connectivity index (χ0v) is 15.7. The average molecular weight is 396 g/mol. The molecule has 0 aliphatic rings. The Hall–Kier alpha value is -2.02. The van der Waals surface area contributed by atoms with Gasteiger partial charge in [0.05, 0.1) is 36.1 Å². The molecule has 1 heterocycles. The number of rotatable bonds is 8. The van der Waals surface area contributed by atoms with Gasteiger partial charge in [-0.25, -0.2) is 0 Å². The Morgan fingerprint density at radius 3 is 2.58 bits per heavy atom. The van der Waals surface area contributed by atoms with E-state index < -0.39 is 0 Å². The lowest BCUT2D eigenvalue weighted by molar-refractivity contribution is 0.0949. The molecule has 0 saturated heterocycles. The predicted octanol–water partition coefficient (Wildman–Crippen LogP) is 3.39. The highest BCUT2D eigenvalue weighted by Gasteiger charge is 2.13. The van der Waals surface area contributed by atoms with Gasteiger partial charge in [0, 0.05) is 12.1 Å². The number of halogens is 1. The van der Waals surface area contributed by atoms with Gasteiger partial charge in [-0.05, 0) is 54.9 Å². The van der Waals surface area contributed by atoms with Crippen LogP contribution in [0, 0.1) is 0 Å². The number of nitrogens with zero attached hydrogens (tertiary/aromatic N) is 2. The number of amides is 1. The smallest absolute Gasteiger partial charge is 0.251 e. The lowest BCUT2D eigenvalue weighted by Gasteiger charge is -2.13. The molecule has 0 aliphatic carbocycles. The van der Waals surface area contributed by atoms with Crippen molar-refractivity contribution in [1.82, 2.24) is 15.1 Å². The number of carbonyl (C=O) groups excluding carboxylic acids is 1. The fourth-order valence-corrected chi connectivity index (χ4v) is 2.73. The largest absolute Gasteiger partial charge is 0.490 e. The van der Waals surface area contributed by atoms with Crippen LogP contribution in [0.4, 0.5) is 0 Å². The molecular weight excluding hydrogens is 374 g/mol. The van der Waals surface area contributed by atoms with Crippen LogP contribution in [0.25, 0.3) is 0 Å². The van der Waals surface area contributed by atoms with E-state index in [-0.39, 0.29) is 5.91 Å². The summed E-state index contributed by atoms with van der Waals surface area (Å²) in [6.45, 7) is 8.00. The third-order valence-corrected chi connectivity index (χ3v) is 4.08. The molecule has 0 fully saturated rings. The van der Waals surface area contributed by atoms with Crippen LogP contribution in [0.5, 0.6) is 11.5 Å². The first kappa shape index (κ1) is 18.3. The maximum absolute atomic E-state index is 12.4. The van der Waals surface area contributed by atoms with Gasteiger partial charge in [0.1, 0.15) is 0 Å². The quantitative estimate of drug-likeness (QED) is 0.743. The van der Waals surface area contributed by atoms with E-state index >= 15 is 0 Å². The van der Waals surface area contributed by atoms with Gasteiger partial charge >= 0.3 is 0 Å². The van der Waals surface area contributed by atoms with Gasteiger partial charge < -0.3 is 14.8 Å². The van der Waals surface area contributed by atoms with Crippen LogP contribution in [0.3, 0.4) is 0 Å². The molecule has 6 nitrogen and oxygen atoms in total. The second-order valence-corrected chi connectivity index (χ2v) is 5.82. The highest BCUT2D eigenvalue weighted by molar-refractivity contribution is 9.10. The van der Waals surface area contributed by atoms with Crippen molar-refractivity contribution in [3.8, 4) is 11.5 Å². The Morgan fingerprint density at radius 2 is 1.92 bits per heavy atom. The summed E-state index contributed by atoms with van der Waals surface area (Å²) in [6, 6.07) is 5.20. The Kier molecular flexibility index (Phi) is 6.66. The SMILES string of the molecule is CCOc1ccc(C(=O)NCc2c(Br)cnn2CC)cc1OCC. The van der Waals surface area contributed by atoms with Crippen molar-refractivity contribution in [2.45, 2.75) is 33.9 Å². The number of carbonyl (C=O) groups is 1. The fraction of sp³-hybridized carbons (Fsp3) is 0.412. The van der Waals surface area contributed by atoms with Crippen molar-refractivity contribution in [2.75, 3.05) is 13.2 Å². The number of aryl methyl sites for hydroxylation is 1. The zero-order chi connectivity index (χ0) is 17.5. The fourth-order valence-electron chi connectivity index (χ4n) is 2.29. The Bertz CT molecular complexity index is 700. The molecule has 7 heteroatoms. The van der Waals surface area contributed by atoms with Crippen LogP contribution in [-0.4, -0.2) is 28.9 Å². The van der Waals surface area contributed by atoms with Gasteiger partial charge in [-0.2, -0.15) is 5.10 Å². The third kappa shape index (κ3) is 4.29. The summed E-state index contributed by atoms with van der Waals surface area (Å²) in [7, 11) is 0. The predicted molar refractivity (Wildman–Crippen MR) is 95.6 cm³/mol. The number of hydrogen-bond acceptors (Lipinski definition) is 4. The molecule has 0 bridgehead atoms. The number of benzene rings is 1. The maximum Gasteiger partial charge on any atom is 0.251 e. The van der Waals surface area contributed by atoms with Crippen LogP contribution in [0.15, 0.2) is 28.9 Å². The van der Waals surface area contributed by atoms with Crippen molar-refractivity contribution < 1.29 is 14.3 Å². The molecule has 0 aliphatic heterocycles. The number of ether oxygens (including phenoxy) is 2. The van der Waals surface area contributed by atoms with Crippen LogP contribution >= 0.6 is 15.9 Å². The summed E-state index contributed by atoms with van der Waals surface area (Å²) in [5.41, 5.74) is 1.46. The third-order valence-electron chi connectivity index (χ3n) is 3.42. The van der Waals surface area contributed by atoms with E-state index in [0.29, 0.717) is 36.8 Å². The maximum atomic E-state index is 12.4. The molecule has 1 N–H and O–H groups in total. The van der Waals surface area contributed by atoms with E-state index in [9.17, 15) is 4.79 Å². The normalized spacial score (nSPS) is 10.5. The minimum atomic E-state index is -0.172. The molecule has 0 saturated carbocycles. The van der Waals surface area contributed by atoms with E-state index in [1.165, 1.54) is 0 Å². The van der Waals surface area contributed by atoms with Gasteiger partial charge in [-0.15, -0.1) is 0 Å². The zero-order valence-electron chi connectivity index (χ0n) is 14.1. The number of nitrogens with one attached hydrogen (secondary N) is 1. The van der Waals surface area contributed by atoms with Crippen LogP contribution in [0.1, 0.15) is 36.8 Å². The summed E-state index contributed by atoms with van der Waals surface area (Å²) >= 11 is 3.45. The molecule has 1 aromatic heterocycles. The van der Waals surface area contributed by atoms with Crippen molar-refractivity contribution >= 4 is 21.8 Å². The van der Waals surface area contributed by atoms with Crippen LogP contribution < -0.4 is 14.8 Å². The molecule has 2 aromatic rings. The molecule has 1 aromatic carbocycles. The first-order chi connectivity index (χ1) is 11.6.